The van der Waals surface area contributed by atoms with Gasteiger partial charge in [0.25, 0.3) is 0 Å². The summed E-state index contributed by atoms with van der Waals surface area (Å²) in [7, 11) is 0. The van der Waals surface area contributed by atoms with Crippen LogP contribution in [0.2, 0.25) is 0 Å². The molecule has 0 unspecified atom stereocenters. The van der Waals surface area contributed by atoms with Gasteiger partial charge in [0.15, 0.2) is 0 Å². The SMILES string of the molecule is CC#CCCCc1ccccc1N=C(CCCC)C(CCCCCCCC)=Nc1ccccc1CCCC#CC.Cc1ccc(O)c([O-])c1C(=O)O.Cc1ccc(O)c([O-])c1C(=O)O.[Ni+2]. The van der Waals surface area contributed by atoms with E-state index in [0.717, 1.165) is 75.6 Å². The molecule has 0 saturated heterocycles. The number of nitrogens with zero attached hydrogens (tertiary/aromatic N) is 2. The molecule has 10 nitrogen and oxygen atoms in total. The summed E-state index contributed by atoms with van der Waals surface area (Å²) in [5, 5.41) is 56.9. The number of unbranched alkanes of at least 4 members (excludes halogenated alkanes) is 8. The van der Waals surface area contributed by atoms with E-state index in [1.165, 1.54) is 99.2 Å². The summed E-state index contributed by atoms with van der Waals surface area (Å²) in [6.07, 6.45) is 17.9. The van der Waals surface area contributed by atoms with Crippen LogP contribution in [0.15, 0.2) is 82.8 Å². The monoisotopic (exact) mass is 928 g/mol. The number of aryl methyl sites for hydroxylation is 4. The molecule has 0 aliphatic rings. The van der Waals surface area contributed by atoms with Gasteiger partial charge in [-0.05, 0) is 126 Å². The van der Waals surface area contributed by atoms with Crippen molar-refractivity contribution in [2.45, 2.75) is 144 Å². The molecule has 350 valence electrons. The van der Waals surface area contributed by atoms with Gasteiger partial charge in [-0.1, -0.05) is 112 Å². The van der Waals surface area contributed by atoms with Crippen LogP contribution in [-0.4, -0.2) is 43.8 Å². The number of para-hydroxylation sites is 2. The molecular weight excluding hydrogens is 863 g/mol. The summed E-state index contributed by atoms with van der Waals surface area (Å²) in [4.78, 5) is 31.7. The van der Waals surface area contributed by atoms with E-state index in [4.69, 9.17) is 30.4 Å². The van der Waals surface area contributed by atoms with E-state index < -0.39 is 34.9 Å². The number of carbonyl (C=O) groups is 2. The number of carboxylic acid groups (broad SMARTS) is 2. The van der Waals surface area contributed by atoms with E-state index in [9.17, 15) is 19.8 Å². The third-order valence-electron chi connectivity index (χ3n) is 10.3. The quantitative estimate of drug-likeness (QED) is 0.0275. The summed E-state index contributed by atoms with van der Waals surface area (Å²) in [5.41, 5.74) is 7.14. The molecule has 4 aromatic rings. The first-order valence-corrected chi connectivity index (χ1v) is 22.4. The average molecular weight is 930 g/mol. The first-order valence-electron chi connectivity index (χ1n) is 22.4. The second-order valence-electron chi connectivity index (χ2n) is 15.4. The molecule has 0 aliphatic heterocycles. The van der Waals surface area contributed by atoms with Gasteiger partial charge in [-0.2, -0.15) is 0 Å². The van der Waals surface area contributed by atoms with Gasteiger partial charge in [-0.3, -0.25) is 9.98 Å². The molecule has 0 aromatic heterocycles. The van der Waals surface area contributed by atoms with Crippen molar-refractivity contribution < 1.29 is 56.7 Å². The van der Waals surface area contributed by atoms with Crippen molar-refractivity contribution in [1.82, 2.24) is 0 Å². The molecule has 0 fully saturated rings. The smallest absolute Gasteiger partial charge is 0.869 e. The number of aliphatic imine (C=N–C) groups is 2. The van der Waals surface area contributed by atoms with Gasteiger partial charge in [0.05, 0.1) is 33.9 Å². The Bertz CT molecular complexity index is 2230. The third-order valence-corrected chi connectivity index (χ3v) is 10.3. The van der Waals surface area contributed by atoms with E-state index >= 15 is 0 Å². The second kappa shape index (κ2) is 32.6. The maximum absolute atomic E-state index is 11.0. The average Bonchev–Trinajstić information content (AvgIpc) is 3.27. The first-order chi connectivity index (χ1) is 30.8. The first kappa shape index (κ1) is 57.0. The van der Waals surface area contributed by atoms with Crippen LogP contribution >= 0.6 is 0 Å². The van der Waals surface area contributed by atoms with Gasteiger partial charge in [0.1, 0.15) is 11.5 Å². The Balaban J connectivity index is 0.000000680. The minimum atomic E-state index is -1.31. The molecule has 0 radical (unpaired) electrons. The topological polar surface area (TPSA) is 186 Å². The fraction of sp³-hybridized carbons (Fsp3) is 0.407. The Kier molecular flexibility index (Phi) is 28.6. The Labute approximate surface area is 396 Å². The Morgan fingerprint density at radius 2 is 0.938 bits per heavy atom. The van der Waals surface area contributed by atoms with Gasteiger partial charge < -0.3 is 30.6 Å². The number of hydrogen-bond acceptors (Lipinski definition) is 8. The predicted molar refractivity (Wildman–Crippen MR) is 256 cm³/mol. The Morgan fingerprint density at radius 1 is 0.554 bits per heavy atom. The summed E-state index contributed by atoms with van der Waals surface area (Å²) in [6.45, 7) is 11.4. The zero-order chi connectivity index (χ0) is 47.3. The number of benzene rings is 4. The molecule has 65 heavy (non-hydrogen) atoms. The summed E-state index contributed by atoms with van der Waals surface area (Å²) in [5.74, 6) is 7.12. The van der Waals surface area contributed by atoms with Gasteiger partial charge in [0, 0.05) is 12.8 Å². The van der Waals surface area contributed by atoms with Crippen molar-refractivity contribution in [1.29, 1.82) is 0 Å². The molecule has 4 rings (SSSR count). The maximum atomic E-state index is 11.0. The number of hydrogen-bond donors (Lipinski definition) is 4. The summed E-state index contributed by atoms with van der Waals surface area (Å²) >= 11 is 0. The van der Waals surface area contributed by atoms with Gasteiger partial charge in [0.2, 0.25) is 0 Å². The predicted octanol–water partition coefficient (Wildman–Crippen LogP) is 12.1. The second-order valence-corrected chi connectivity index (χ2v) is 15.4. The van der Waals surface area contributed by atoms with Crippen molar-refractivity contribution in [3.05, 3.63) is 106 Å². The molecule has 0 aliphatic carbocycles. The normalized spacial score (nSPS) is 10.7. The molecule has 0 spiro atoms. The van der Waals surface area contributed by atoms with E-state index in [1.807, 2.05) is 13.8 Å². The number of carboxylic acids is 2. The number of aromatic carboxylic acids is 2. The van der Waals surface area contributed by atoms with Crippen LogP contribution in [0.1, 0.15) is 161 Å². The summed E-state index contributed by atoms with van der Waals surface area (Å²) in [6, 6.07) is 22.5. The van der Waals surface area contributed by atoms with Crippen LogP contribution in [0.5, 0.6) is 23.0 Å². The Morgan fingerprint density at radius 3 is 1.32 bits per heavy atom. The van der Waals surface area contributed by atoms with Crippen LogP contribution in [0.4, 0.5) is 11.4 Å². The van der Waals surface area contributed by atoms with Gasteiger partial charge in [-0.15, -0.1) is 23.7 Å². The van der Waals surface area contributed by atoms with Gasteiger partial charge in [-0.25, -0.2) is 9.59 Å². The van der Waals surface area contributed by atoms with Crippen molar-refractivity contribution in [3.63, 3.8) is 0 Å². The number of phenolic OH excluding ortho intramolecular Hbond substituents is 2. The van der Waals surface area contributed by atoms with Crippen LogP contribution in [0.3, 0.4) is 0 Å². The zero-order valence-electron chi connectivity index (χ0n) is 38.9. The van der Waals surface area contributed by atoms with E-state index in [2.05, 4.69) is 86.1 Å². The molecule has 4 aromatic carbocycles. The molecule has 11 heteroatoms. The van der Waals surface area contributed by atoms with Crippen LogP contribution < -0.4 is 10.2 Å². The van der Waals surface area contributed by atoms with Crippen molar-refractivity contribution >= 4 is 34.7 Å². The molecular formula is C54H66N2NiO8. The largest absolute Gasteiger partial charge is 2.00 e. The van der Waals surface area contributed by atoms with Crippen LogP contribution in [-0.2, 0) is 29.3 Å². The molecule has 0 heterocycles. The molecule has 4 N–H and O–H groups in total. The van der Waals surface area contributed by atoms with Crippen LogP contribution in [0, 0.1) is 37.5 Å². The van der Waals surface area contributed by atoms with E-state index in [0.29, 0.717) is 11.1 Å². The maximum Gasteiger partial charge on any atom is 2.00 e. The van der Waals surface area contributed by atoms with E-state index in [1.54, 1.807) is 0 Å². The molecule has 0 bridgehead atoms. The molecule has 0 amide bonds. The number of aromatic hydroxyl groups is 2. The fourth-order valence-electron chi connectivity index (χ4n) is 6.76. The minimum absolute atomic E-state index is 0. The molecule has 0 saturated carbocycles. The molecule has 0 atom stereocenters. The van der Waals surface area contributed by atoms with Gasteiger partial charge >= 0.3 is 28.4 Å². The Hall–Kier alpha value is -6.03. The van der Waals surface area contributed by atoms with Crippen molar-refractivity contribution in [2.24, 2.45) is 9.98 Å². The third kappa shape index (κ3) is 20.6. The summed E-state index contributed by atoms with van der Waals surface area (Å²) < 4.78 is 0. The van der Waals surface area contributed by atoms with Crippen molar-refractivity contribution in [2.75, 3.05) is 0 Å². The fourth-order valence-corrected chi connectivity index (χ4v) is 6.76. The standard InChI is InChI=1S/C38H52N2.2C8H8O4.Ni/c1-5-9-13-16-17-20-32-38(40-36-31-24-22-28-34(36)26-19-15-11-7-3)37(29-12-8-4)39-35-30-23-21-27-33(35)25-18-14-10-6-2;2*1-4-2-3-5(9)7(10)6(4)8(11)12;/h21-24,27-28,30-31H,5,8-9,12-20,25-26,29,32H2,1-4H3;2*2-3,9-10H,1H3,(H,11,12);/q;;;+2/p-2. The zero-order valence-corrected chi connectivity index (χ0v) is 39.9. The van der Waals surface area contributed by atoms with Crippen LogP contribution in [0.25, 0.3) is 0 Å². The van der Waals surface area contributed by atoms with Crippen molar-refractivity contribution in [3.8, 4) is 46.7 Å². The number of rotatable bonds is 21. The van der Waals surface area contributed by atoms with E-state index in [-0.39, 0.29) is 27.6 Å². The number of phenols is 2. The minimum Gasteiger partial charge on any atom is -0.869 e.